The standard InChI is InChI=1S/C18H17BrOS/c1-18(2,12-7-4-3-5-8-12)17(20)14-11-21-16-13(14)9-6-10-15(16)19/h3-11,17,20H,1-2H3. The Kier molecular flexibility index (Phi) is 3.91. The smallest absolute Gasteiger partial charge is 0.0895 e. The molecule has 108 valence electrons. The molecule has 1 nitrogen and oxygen atoms in total. The van der Waals surface area contributed by atoms with Crippen LogP contribution in [0.5, 0.6) is 0 Å². The Labute approximate surface area is 137 Å². The zero-order valence-electron chi connectivity index (χ0n) is 12.0. The van der Waals surface area contributed by atoms with Crippen LogP contribution in [-0.2, 0) is 5.41 Å². The van der Waals surface area contributed by atoms with Crippen molar-refractivity contribution in [2.45, 2.75) is 25.4 Å². The Morgan fingerprint density at radius 1 is 1.05 bits per heavy atom. The van der Waals surface area contributed by atoms with Gasteiger partial charge in [-0.2, -0.15) is 0 Å². The van der Waals surface area contributed by atoms with Crippen LogP contribution in [0.3, 0.4) is 0 Å². The van der Waals surface area contributed by atoms with Gasteiger partial charge in [0, 0.05) is 14.6 Å². The Morgan fingerprint density at radius 3 is 2.48 bits per heavy atom. The van der Waals surface area contributed by atoms with E-state index in [9.17, 15) is 5.11 Å². The molecule has 0 amide bonds. The lowest BCUT2D eigenvalue weighted by atomic mass is 9.77. The van der Waals surface area contributed by atoms with E-state index < -0.39 is 6.10 Å². The zero-order chi connectivity index (χ0) is 15.0. The predicted octanol–water partition coefficient (Wildman–Crippen LogP) is 5.68. The maximum absolute atomic E-state index is 11.0. The summed E-state index contributed by atoms with van der Waals surface area (Å²) in [5, 5.41) is 14.2. The summed E-state index contributed by atoms with van der Waals surface area (Å²) < 4.78 is 2.27. The summed E-state index contributed by atoms with van der Waals surface area (Å²) in [5.41, 5.74) is 1.81. The van der Waals surface area contributed by atoms with E-state index in [1.807, 2.05) is 30.3 Å². The van der Waals surface area contributed by atoms with Crippen molar-refractivity contribution in [1.82, 2.24) is 0 Å². The van der Waals surface area contributed by atoms with E-state index in [1.165, 1.54) is 4.70 Å². The highest BCUT2D eigenvalue weighted by Gasteiger charge is 2.32. The van der Waals surface area contributed by atoms with Crippen molar-refractivity contribution in [1.29, 1.82) is 0 Å². The minimum atomic E-state index is -0.539. The quantitative estimate of drug-likeness (QED) is 0.637. The van der Waals surface area contributed by atoms with Crippen LogP contribution in [0, 0.1) is 0 Å². The summed E-state index contributed by atoms with van der Waals surface area (Å²) in [7, 11) is 0. The second-order valence-electron chi connectivity index (χ2n) is 5.80. The first-order valence-electron chi connectivity index (χ1n) is 6.91. The van der Waals surface area contributed by atoms with Crippen LogP contribution in [0.15, 0.2) is 58.4 Å². The Balaban J connectivity index is 2.08. The molecular formula is C18H17BrOS. The molecule has 0 aliphatic carbocycles. The Morgan fingerprint density at radius 2 is 1.76 bits per heavy atom. The summed E-state index contributed by atoms with van der Waals surface area (Å²) in [6.45, 7) is 4.18. The van der Waals surface area contributed by atoms with E-state index in [0.29, 0.717) is 0 Å². The van der Waals surface area contributed by atoms with Crippen LogP contribution in [0.1, 0.15) is 31.1 Å². The second kappa shape index (κ2) is 5.56. The lowest BCUT2D eigenvalue weighted by Gasteiger charge is -2.31. The first-order valence-corrected chi connectivity index (χ1v) is 8.58. The van der Waals surface area contributed by atoms with E-state index in [0.717, 1.165) is 21.0 Å². The molecule has 1 aromatic heterocycles. The number of hydrogen-bond donors (Lipinski definition) is 1. The highest BCUT2D eigenvalue weighted by molar-refractivity contribution is 9.10. The molecule has 0 spiro atoms. The molecule has 2 aromatic carbocycles. The monoisotopic (exact) mass is 360 g/mol. The molecule has 3 heteroatoms. The van der Waals surface area contributed by atoms with E-state index >= 15 is 0 Å². The minimum absolute atomic E-state index is 0.336. The minimum Gasteiger partial charge on any atom is -0.387 e. The molecule has 0 saturated carbocycles. The van der Waals surface area contributed by atoms with Gasteiger partial charge in [0.1, 0.15) is 0 Å². The third kappa shape index (κ3) is 2.54. The first-order chi connectivity index (χ1) is 10.0. The van der Waals surface area contributed by atoms with Crippen LogP contribution in [0.25, 0.3) is 10.1 Å². The fourth-order valence-corrected chi connectivity index (χ4v) is 4.31. The van der Waals surface area contributed by atoms with Gasteiger partial charge in [0.25, 0.3) is 0 Å². The lowest BCUT2D eigenvalue weighted by molar-refractivity contribution is 0.102. The molecule has 21 heavy (non-hydrogen) atoms. The number of aliphatic hydroxyl groups is 1. The van der Waals surface area contributed by atoms with Crippen molar-refractivity contribution in [2.24, 2.45) is 0 Å². The molecule has 0 saturated heterocycles. The van der Waals surface area contributed by atoms with Gasteiger partial charge in [-0.15, -0.1) is 11.3 Å². The summed E-state index contributed by atoms with van der Waals surface area (Å²) in [4.78, 5) is 0. The largest absolute Gasteiger partial charge is 0.387 e. The SMILES string of the molecule is CC(C)(c1ccccc1)C(O)c1csc2c(Br)cccc12. The van der Waals surface area contributed by atoms with Crippen molar-refractivity contribution in [3.05, 3.63) is 69.5 Å². The number of rotatable bonds is 3. The third-order valence-corrected chi connectivity index (χ3v) is 6.05. The van der Waals surface area contributed by atoms with Gasteiger partial charge in [-0.1, -0.05) is 56.3 Å². The van der Waals surface area contributed by atoms with E-state index in [4.69, 9.17) is 0 Å². The van der Waals surface area contributed by atoms with Gasteiger partial charge >= 0.3 is 0 Å². The van der Waals surface area contributed by atoms with Crippen LogP contribution in [0.4, 0.5) is 0 Å². The number of benzene rings is 2. The Hall–Kier alpha value is -1.16. The lowest BCUT2D eigenvalue weighted by Crippen LogP contribution is -2.26. The summed E-state index contributed by atoms with van der Waals surface area (Å²) >= 11 is 5.26. The summed E-state index contributed by atoms with van der Waals surface area (Å²) in [6, 6.07) is 16.3. The maximum atomic E-state index is 11.0. The van der Waals surface area contributed by atoms with Crippen LogP contribution in [-0.4, -0.2) is 5.11 Å². The van der Waals surface area contributed by atoms with Gasteiger partial charge in [-0.25, -0.2) is 0 Å². The van der Waals surface area contributed by atoms with Crippen molar-refractivity contribution in [2.75, 3.05) is 0 Å². The zero-order valence-corrected chi connectivity index (χ0v) is 14.4. The number of thiophene rings is 1. The van der Waals surface area contributed by atoms with Gasteiger partial charge in [0.15, 0.2) is 0 Å². The number of aliphatic hydroxyl groups excluding tert-OH is 1. The van der Waals surface area contributed by atoms with E-state index in [2.05, 4.69) is 53.4 Å². The molecular weight excluding hydrogens is 344 g/mol. The second-order valence-corrected chi connectivity index (χ2v) is 7.53. The normalized spacial score (nSPS) is 13.5. The van der Waals surface area contributed by atoms with Crippen LogP contribution in [0.2, 0.25) is 0 Å². The fourth-order valence-electron chi connectivity index (χ4n) is 2.67. The Bertz CT molecular complexity index is 761. The topological polar surface area (TPSA) is 20.2 Å². The number of fused-ring (bicyclic) bond motifs is 1. The molecule has 1 heterocycles. The highest BCUT2D eigenvalue weighted by atomic mass is 79.9. The van der Waals surface area contributed by atoms with Gasteiger partial charge in [0.2, 0.25) is 0 Å². The van der Waals surface area contributed by atoms with Crippen molar-refractivity contribution in [3.8, 4) is 0 Å². The van der Waals surface area contributed by atoms with Gasteiger partial charge < -0.3 is 5.11 Å². The molecule has 1 unspecified atom stereocenters. The molecule has 0 aliphatic rings. The highest BCUT2D eigenvalue weighted by Crippen LogP contribution is 2.42. The molecule has 0 fully saturated rings. The van der Waals surface area contributed by atoms with E-state index in [-0.39, 0.29) is 5.41 Å². The fraction of sp³-hybridized carbons (Fsp3) is 0.222. The average Bonchev–Trinajstić information content (AvgIpc) is 2.92. The molecule has 0 radical (unpaired) electrons. The molecule has 1 N–H and O–H groups in total. The van der Waals surface area contributed by atoms with Crippen molar-refractivity contribution >= 4 is 37.4 Å². The van der Waals surface area contributed by atoms with Crippen molar-refractivity contribution in [3.63, 3.8) is 0 Å². The van der Waals surface area contributed by atoms with Crippen molar-refractivity contribution < 1.29 is 5.11 Å². The van der Waals surface area contributed by atoms with Crippen LogP contribution < -0.4 is 0 Å². The average molecular weight is 361 g/mol. The first kappa shape index (κ1) is 14.8. The molecule has 0 bridgehead atoms. The van der Waals surface area contributed by atoms with Gasteiger partial charge in [0.05, 0.1) is 6.10 Å². The number of halogens is 1. The predicted molar refractivity (Wildman–Crippen MR) is 94.0 cm³/mol. The molecule has 1 atom stereocenters. The van der Waals surface area contributed by atoms with Gasteiger partial charge in [-0.05, 0) is 43.9 Å². The molecule has 0 aliphatic heterocycles. The molecule has 3 aromatic rings. The maximum Gasteiger partial charge on any atom is 0.0895 e. The number of hydrogen-bond acceptors (Lipinski definition) is 2. The van der Waals surface area contributed by atoms with Gasteiger partial charge in [-0.3, -0.25) is 0 Å². The third-order valence-electron chi connectivity index (χ3n) is 4.08. The summed E-state index contributed by atoms with van der Waals surface area (Å²) in [5.74, 6) is 0. The van der Waals surface area contributed by atoms with E-state index in [1.54, 1.807) is 11.3 Å². The summed E-state index contributed by atoms with van der Waals surface area (Å²) in [6.07, 6.45) is -0.539. The van der Waals surface area contributed by atoms with Crippen LogP contribution >= 0.6 is 27.3 Å². The molecule has 3 rings (SSSR count).